The van der Waals surface area contributed by atoms with Gasteiger partial charge in [0.05, 0.1) is 18.4 Å². The first-order valence-electron chi connectivity index (χ1n) is 6.38. The molecule has 114 valence electrons. The van der Waals surface area contributed by atoms with E-state index in [4.69, 9.17) is 15.9 Å². The Morgan fingerprint density at radius 3 is 2.68 bits per heavy atom. The van der Waals surface area contributed by atoms with Crippen LogP contribution in [0.2, 0.25) is 0 Å². The minimum atomic E-state index is -4.00. The molecule has 6 nitrogen and oxygen atoms in total. The van der Waals surface area contributed by atoms with Crippen LogP contribution in [0.4, 0.5) is 0 Å². The van der Waals surface area contributed by atoms with Crippen molar-refractivity contribution in [2.75, 3.05) is 7.11 Å². The summed E-state index contributed by atoms with van der Waals surface area (Å²) in [6, 6.07) is 4.67. The van der Waals surface area contributed by atoms with Crippen LogP contribution in [-0.2, 0) is 16.6 Å². The quantitative estimate of drug-likeness (QED) is 0.822. The number of nitrogens with zero attached hydrogens (tertiary/aromatic N) is 1. The number of rotatable bonds is 4. The molecule has 22 heavy (non-hydrogen) atoms. The summed E-state index contributed by atoms with van der Waals surface area (Å²) in [5.41, 5.74) is 6.65. The van der Waals surface area contributed by atoms with E-state index < -0.39 is 10.0 Å². The summed E-state index contributed by atoms with van der Waals surface area (Å²) < 4.78 is 34.0. The minimum absolute atomic E-state index is 0.0577. The van der Waals surface area contributed by atoms with Crippen molar-refractivity contribution < 1.29 is 13.2 Å². The Hall–Kier alpha value is -2.47. The molecule has 0 spiro atoms. The smallest absolute Gasteiger partial charge is 0.286 e. The van der Waals surface area contributed by atoms with Crippen LogP contribution < -0.4 is 10.5 Å². The lowest BCUT2D eigenvalue weighted by Gasteiger charge is -2.10. The van der Waals surface area contributed by atoms with Crippen LogP contribution in [-0.4, -0.2) is 27.1 Å². The molecular formula is C15H15N3O3S. The molecule has 2 rings (SSSR count). The SMILES string of the molecule is COc1ccc(CN)cc1S(=O)(=O)/N=C1/C=CC=CC1=C=N. The van der Waals surface area contributed by atoms with Gasteiger partial charge >= 0.3 is 0 Å². The van der Waals surface area contributed by atoms with Gasteiger partial charge in [0.2, 0.25) is 0 Å². The van der Waals surface area contributed by atoms with Crippen LogP contribution in [0.15, 0.2) is 57.4 Å². The van der Waals surface area contributed by atoms with E-state index in [1.165, 1.54) is 19.3 Å². The fourth-order valence-electron chi connectivity index (χ4n) is 1.89. The molecule has 1 aromatic carbocycles. The van der Waals surface area contributed by atoms with Gasteiger partial charge in [0, 0.05) is 6.54 Å². The Morgan fingerprint density at radius 1 is 1.32 bits per heavy atom. The molecule has 3 N–H and O–H groups in total. The van der Waals surface area contributed by atoms with Crippen molar-refractivity contribution in [2.24, 2.45) is 10.1 Å². The van der Waals surface area contributed by atoms with Gasteiger partial charge in [-0.25, -0.2) is 0 Å². The predicted molar refractivity (Wildman–Crippen MR) is 85.0 cm³/mol. The van der Waals surface area contributed by atoms with Crippen molar-refractivity contribution in [2.45, 2.75) is 11.4 Å². The molecule has 0 atom stereocenters. The summed E-state index contributed by atoms with van der Waals surface area (Å²) >= 11 is 0. The number of methoxy groups -OCH3 is 1. The second-order valence-corrected chi connectivity index (χ2v) is 5.97. The van der Waals surface area contributed by atoms with Crippen molar-refractivity contribution in [1.29, 1.82) is 5.41 Å². The normalized spacial score (nSPS) is 15.9. The van der Waals surface area contributed by atoms with Gasteiger partial charge in [-0.15, -0.1) is 0 Å². The average molecular weight is 317 g/mol. The summed E-state index contributed by atoms with van der Waals surface area (Å²) in [5, 5.41) is 7.19. The molecule has 1 aliphatic rings. The van der Waals surface area contributed by atoms with Gasteiger partial charge in [0.1, 0.15) is 10.6 Å². The van der Waals surface area contributed by atoms with Crippen LogP contribution in [0, 0.1) is 5.41 Å². The van der Waals surface area contributed by atoms with Crippen molar-refractivity contribution >= 4 is 21.6 Å². The molecule has 0 aliphatic heterocycles. The number of nitrogens with one attached hydrogen (secondary N) is 1. The number of sulfonamides is 1. The summed E-state index contributed by atoms with van der Waals surface area (Å²) in [6.45, 7) is 0.206. The van der Waals surface area contributed by atoms with Crippen molar-refractivity contribution in [3.8, 4) is 5.75 Å². The molecule has 0 saturated heterocycles. The van der Waals surface area contributed by atoms with E-state index in [1.54, 1.807) is 30.4 Å². The number of ether oxygens (including phenoxy) is 1. The zero-order chi connectivity index (χ0) is 16.2. The first kappa shape index (κ1) is 15.9. The summed E-state index contributed by atoms with van der Waals surface area (Å²) in [7, 11) is -2.62. The Balaban J connectivity index is 2.58. The lowest BCUT2D eigenvalue weighted by atomic mass is 10.1. The van der Waals surface area contributed by atoms with Crippen LogP contribution in [0.1, 0.15) is 5.56 Å². The van der Waals surface area contributed by atoms with E-state index in [2.05, 4.69) is 10.3 Å². The van der Waals surface area contributed by atoms with Crippen LogP contribution in [0.3, 0.4) is 0 Å². The van der Waals surface area contributed by atoms with Crippen LogP contribution >= 0.6 is 0 Å². The van der Waals surface area contributed by atoms with E-state index in [0.717, 1.165) is 0 Å². The summed E-state index contributed by atoms with van der Waals surface area (Å²) in [6.07, 6.45) is 6.39. The summed E-state index contributed by atoms with van der Waals surface area (Å²) in [5.74, 6) is 2.35. The Bertz CT molecular complexity index is 830. The molecule has 0 radical (unpaired) electrons. The first-order valence-corrected chi connectivity index (χ1v) is 7.82. The second-order valence-electron chi connectivity index (χ2n) is 4.40. The predicted octanol–water partition coefficient (Wildman–Crippen LogP) is 1.58. The van der Waals surface area contributed by atoms with E-state index in [1.807, 2.05) is 0 Å². The van der Waals surface area contributed by atoms with Crippen LogP contribution in [0.25, 0.3) is 0 Å². The topological polar surface area (TPSA) is 106 Å². The molecule has 0 aromatic heterocycles. The molecule has 1 aromatic rings. The monoisotopic (exact) mass is 317 g/mol. The zero-order valence-electron chi connectivity index (χ0n) is 11.9. The minimum Gasteiger partial charge on any atom is -0.495 e. The van der Waals surface area contributed by atoms with E-state index in [9.17, 15) is 8.42 Å². The molecule has 0 bridgehead atoms. The number of benzene rings is 1. The Labute approximate surface area is 128 Å². The molecule has 1 aliphatic carbocycles. The standard InChI is InChI=1S/C15H15N3O3S/c1-21-14-7-6-11(9-16)8-15(14)22(19,20)18-13-5-3-2-4-12(13)10-17/h2-8,17H,9,16H2,1H3/b18-13-. The van der Waals surface area contributed by atoms with Gasteiger partial charge in [-0.3, -0.25) is 5.41 Å². The number of hydrogen-bond donors (Lipinski definition) is 2. The maximum atomic E-state index is 12.5. The highest BCUT2D eigenvalue weighted by Gasteiger charge is 2.21. The largest absolute Gasteiger partial charge is 0.495 e. The average Bonchev–Trinajstić information content (AvgIpc) is 2.54. The lowest BCUT2D eigenvalue weighted by molar-refractivity contribution is 0.402. The molecule has 0 saturated carbocycles. The number of nitrogens with two attached hydrogens (primary N) is 1. The highest BCUT2D eigenvalue weighted by atomic mass is 32.2. The maximum absolute atomic E-state index is 12.5. The van der Waals surface area contributed by atoms with Gasteiger partial charge < -0.3 is 10.5 Å². The lowest BCUT2D eigenvalue weighted by Crippen LogP contribution is -2.08. The molecule has 0 amide bonds. The van der Waals surface area contributed by atoms with Gasteiger partial charge in [-0.05, 0) is 35.7 Å². The first-order chi connectivity index (χ1) is 10.5. The highest BCUT2D eigenvalue weighted by molar-refractivity contribution is 7.90. The molecule has 7 heteroatoms. The van der Waals surface area contributed by atoms with Gasteiger partial charge in [0.15, 0.2) is 0 Å². The van der Waals surface area contributed by atoms with Crippen molar-refractivity contribution in [1.82, 2.24) is 0 Å². The van der Waals surface area contributed by atoms with Crippen LogP contribution in [0.5, 0.6) is 5.75 Å². The van der Waals surface area contributed by atoms with Crippen molar-refractivity contribution in [3.05, 3.63) is 53.6 Å². The van der Waals surface area contributed by atoms with E-state index >= 15 is 0 Å². The fraction of sp³-hybridized carbons (Fsp3) is 0.133. The van der Waals surface area contributed by atoms with Crippen molar-refractivity contribution in [3.63, 3.8) is 0 Å². The fourth-order valence-corrected chi connectivity index (χ4v) is 3.11. The van der Waals surface area contributed by atoms with Gasteiger partial charge in [-0.2, -0.15) is 12.8 Å². The van der Waals surface area contributed by atoms with Gasteiger partial charge in [-0.1, -0.05) is 18.2 Å². The molecular weight excluding hydrogens is 302 g/mol. The number of allylic oxidation sites excluding steroid dienone is 5. The maximum Gasteiger partial charge on any atom is 0.286 e. The summed E-state index contributed by atoms with van der Waals surface area (Å²) in [4.78, 5) is -0.0577. The second kappa shape index (κ2) is 6.53. The third kappa shape index (κ3) is 3.23. The molecule has 0 fully saturated rings. The Morgan fingerprint density at radius 2 is 2.05 bits per heavy atom. The van der Waals surface area contributed by atoms with Gasteiger partial charge in [0.25, 0.3) is 10.0 Å². The van der Waals surface area contributed by atoms with E-state index in [0.29, 0.717) is 11.1 Å². The third-order valence-corrected chi connectivity index (χ3v) is 4.31. The highest BCUT2D eigenvalue weighted by Crippen LogP contribution is 2.27. The Kier molecular flexibility index (Phi) is 4.72. The third-order valence-electron chi connectivity index (χ3n) is 3.00. The molecule has 0 heterocycles. The number of hydrogen-bond acceptors (Lipinski definition) is 5. The zero-order valence-corrected chi connectivity index (χ0v) is 12.7. The molecule has 0 unspecified atom stereocenters. The van der Waals surface area contributed by atoms with E-state index in [-0.39, 0.29) is 22.9 Å².